The highest BCUT2D eigenvalue weighted by atomic mass is 16.7. The Morgan fingerprint density at radius 2 is 2.00 bits per heavy atom. The number of hydrazine groups is 1. The van der Waals surface area contributed by atoms with E-state index in [9.17, 15) is 19.7 Å². The van der Waals surface area contributed by atoms with E-state index in [2.05, 4.69) is 0 Å². The summed E-state index contributed by atoms with van der Waals surface area (Å²) in [5.41, 5.74) is 0.746. The van der Waals surface area contributed by atoms with Gasteiger partial charge in [-0.15, -0.1) is 0 Å². The molecular weight excluding hydrogens is 224 g/mol. The van der Waals surface area contributed by atoms with Gasteiger partial charge in [0.05, 0.1) is 0 Å². The van der Waals surface area contributed by atoms with Crippen molar-refractivity contribution in [3.8, 4) is 0 Å². The molecule has 0 fully saturated rings. The van der Waals surface area contributed by atoms with Gasteiger partial charge in [0.25, 0.3) is 0 Å². The first-order valence-corrected chi connectivity index (χ1v) is 4.77. The van der Waals surface area contributed by atoms with Gasteiger partial charge in [-0.25, -0.2) is 10.1 Å². The molecule has 1 aromatic rings. The quantitative estimate of drug-likeness (QED) is 0.328. The van der Waals surface area contributed by atoms with Crippen molar-refractivity contribution in [1.82, 2.24) is 5.01 Å². The van der Waals surface area contributed by atoms with Gasteiger partial charge in [0.2, 0.25) is 0 Å². The van der Waals surface area contributed by atoms with Crippen molar-refractivity contribution >= 4 is 18.3 Å². The summed E-state index contributed by atoms with van der Waals surface area (Å²) in [5, 5.41) is 9.79. The van der Waals surface area contributed by atoms with Crippen molar-refractivity contribution in [2.24, 2.45) is 0 Å². The molecule has 0 saturated carbocycles. The van der Waals surface area contributed by atoms with Crippen molar-refractivity contribution in [3.63, 3.8) is 0 Å². The predicted octanol–water partition coefficient (Wildman–Crippen LogP) is 0.919. The van der Waals surface area contributed by atoms with Gasteiger partial charge >= 0.3 is 5.91 Å². The number of carbonyl (C=O) groups excluding carboxylic acids is 2. The summed E-state index contributed by atoms with van der Waals surface area (Å²) < 4.78 is 0. The number of benzene rings is 1. The number of aldehydes is 1. The zero-order valence-electron chi connectivity index (χ0n) is 8.85. The van der Waals surface area contributed by atoms with Crippen molar-refractivity contribution in [2.75, 3.05) is 6.54 Å². The Bertz CT molecular complexity index is 442. The topological polar surface area (TPSA) is 80.5 Å². The number of hydrogen-bond acceptors (Lipinski definition) is 4. The van der Waals surface area contributed by atoms with Crippen LogP contribution in [0.2, 0.25) is 0 Å². The van der Waals surface area contributed by atoms with Crippen molar-refractivity contribution in [2.45, 2.75) is 0 Å². The van der Waals surface area contributed by atoms with Crippen LogP contribution in [0.5, 0.6) is 0 Å². The molecule has 0 heterocycles. The standard InChI is InChI=1S/C11H10N2O4/c14-9-8-12(13(16)17)11(15)7-6-10-4-2-1-3-5-10/h1-7,9H,8H2. The zero-order valence-corrected chi connectivity index (χ0v) is 8.85. The molecular formula is C11H10N2O4. The van der Waals surface area contributed by atoms with E-state index >= 15 is 0 Å². The van der Waals surface area contributed by atoms with Gasteiger partial charge in [-0.3, -0.25) is 4.79 Å². The van der Waals surface area contributed by atoms with E-state index in [1.165, 1.54) is 6.08 Å². The van der Waals surface area contributed by atoms with Gasteiger partial charge in [0, 0.05) is 6.08 Å². The monoisotopic (exact) mass is 234 g/mol. The third kappa shape index (κ3) is 3.86. The first-order chi connectivity index (χ1) is 8.15. The smallest absolute Gasteiger partial charge is 0.301 e. The predicted molar refractivity (Wildman–Crippen MR) is 60.2 cm³/mol. The first kappa shape index (κ1) is 12.6. The van der Waals surface area contributed by atoms with E-state index in [1.807, 2.05) is 6.07 Å². The summed E-state index contributed by atoms with van der Waals surface area (Å²) >= 11 is 0. The molecule has 0 bridgehead atoms. The van der Waals surface area contributed by atoms with Crippen LogP contribution in [0.15, 0.2) is 36.4 Å². The summed E-state index contributed by atoms with van der Waals surface area (Å²) in [5.74, 6) is -0.842. The van der Waals surface area contributed by atoms with Crippen LogP contribution in [-0.4, -0.2) is 28.8 Å². The van der Waals surface area contributed by atoms with Crippen LogP contribution in [0.1, 0.15) is 5.56 Å². The van der Waals surface area contributed by atoms with E-state index in [-0.39, 0.29) is 5.01 Å². The third-order valence-electron chi connectivity index (χ3n) is 1.92. The molecule has 0 aliphatic carbocycles. The highest BCUT2D eigenvalue weighted by Crippen LogP contribution is 2.02. The number of amides is 1. The van der Waals surface area contributed by atoms with Gasteiger partial charge < -0.3 is 4.79 Å². The maximum atomic E-state index is 11.4. The van der Waals surface area contributed by atoms with Crippen LogP contribution in [0.25, 0.3) is 6.08 Å². The summed E-state index contributed by atoms with van der Waals surface area (Å²) in [4.78, 5) is 32.0. The van der Waals surface area contributed by atoms with Crippen LogP contribution in [-0.2, 0) is 9.59 Å². The van der Waals surface area contributed by atoms with Crippen LogP contribution in [0, 0.1) is 10.1 Å². The van der Waals surface area contributed by atoms with E-state index in [1.54, 1.807) is 24.3 Å². The molecule has 0 spiro atoms. The van der Waals surface area contributed by atoms with Gasteiger partial charge in [-0.1, -0.05) is 30.3 Å². The van der Waals surface area contributed by atoms with E-state index in [4.69, 9.17) is 0 Å². The minimum Gasteiger partial charge on any atom is -0.301 e. The average molecular weight is 234 g/mol. The summed E-state index contributed by atoms with van der Waals surface area (Å²) in [6, 6.07) is 8.87. The van der Waals surface area contributed by atoms with Gasteiger partial charge in [0.1, 0.15) is 12.8 Å². The normalized spacial score (nSPS) is 10.1. The molecule has 1 amide bonds. The Balaban J connectivity index is 2.73. The fourth-order valence-electron chi connectivity index (χ4n) is 1.13. The number of hydrogen-bond donors (Lipinski definition) is 0. The highest BCUT2D eigenvalue weighted by molar-refractivity contribution is 5.91. The Hall–Kier alpha value is -2.50. The van der Waals surface area contributed by atoms with E-state index < -0.39 is 17.5 Å². The average Bonchev–Trinajstić information content (AvgIpc) is 2.34. The summed E-state index contributed by atoms with van der Waals surface area (Å²) in [6.45, 7) is -0.565. The third-order valence-corrected chi connectivity index (χ3v) is 1.92. The highest BCUT2D eigenvalue weighted by Gasteiger charge is 2.20. The second-order valence-electron chi connectivity index (χ2n) is 3.07. The lowest BCUT2D eigenvalue weighted by Crippen LogP contribution is -2.36. The lowest BCUT2D eigenvalue weighted by Gasteiger charge is -2.05. The molecule has 0 radical (unpaired) electrons. The Labute approximate surface area is 97.3 Å². The lowest BCUT2D eigenvalue weighted by atomic mass is 10.2. The molecule has 1 aromatic carbocycles. The maximum Gasteiger partial charge on any atom is 0.307 e. The second-order valence-corrected chi connectivity index (χ2v) is 3.07. The summed E-state index contributed by atoms with van der Waals surface area (Å²) in [7, 11) is 0. The second kappa shape index (κ2) is 6.16. The fraction of sp³-hybridized carbons (Fsp3) is 0.0909. The number of nitrogens with zero attached hydrogens (tertiary/aromatic N) is 2. The summed E-state index contributed by atoms with van der Waals surface area (Å²) in [6.07, 6.45) is 2.81. The number of nitro groups is 1. The van der Waals surface area contributed by atoms with Crippen LogP contribution in [0.3, 0.4) is 0 Å². The first-order valence-electron chi connectivity index (χ1n) is 4.77. The molecule has 6 nitrogen and oxygen atoms in total. The van der Waals surface area contributed by atoms with Crippen molar-refractivity contribution in [1.29, 1.82) is 0 Å². The SMILES string of the molecule is O=CCN(C(=O)C=Cc1ccccc1)[N+](=O)[O-]. The van der Waals surface area contributed by atoms with Crippen molar-refractivity contribution < 1.29 is 14.6 Å². The van der Waals surface area contributed by atoms with Gasteiger partial charge in [-0.05, 0) is 16.6 Å². The van der Waals surface area contributed by atoms with E-state index in [0.717, 1.165) is 11.6 Å². The molecule has 88 valence electrons. The van der Waals surface area contributed by atoms with Crippen LogP contribution >= 0.6 is 0 Å². The maximum absolute atomic E-state index is 11.4. The van der Waals surface area contributed by atoms with Gasteiger partial charge in [0.15, 0.2) is 5.03 Å². The molecule has 0 aliphatic rings. The molecule has 0 aromatic heterocycles. The molecule has 17 heavy (non-hydrogen) atoms. The Morgan fingerprint density at radius 1 is 1.35 bits per heavy atom. The molecule has 1 rings (SSSR count). The molecule has 6 heteroatoms. The lowest BCUT2D eigenvalue weighted by molar-refractivity contribution is -0.630. The largest absolute Gasteiger partial charge is 0.307 e. The Morgan fingerprint density at radius 3 is 2.53 bits per heavy atom. The minimum atomic E-state index is -0.911. The van der Waals surface area contributed by atoms with Gasteiger partial charge in [-0.2, -0.15) is 0 Å². The molecule has 0 saturated heterocycles. The number of rotatable bonds is 5. The molecule has 0 aliphatic heterocycles. The molecule has 0 unspecified atom stereocenters. The molecule has 0 atom stereocenters. The van der Waals surface area contributed by atoms with Crippen molar-refractivity contribution in [3.05, 3.63) is 52.1 Å². The Kier molecular flexibility index (Phi) is 4.56. The van der Waals surface area contributed by atoms with E-state index in [0.29, 0.717) is 6.29 Å². The van der Waals surface area contributed by atoms with Crippen LogP contribution in [0.4, 0.5) is 0 Å². The molecule has 0 N–H and O–H groups in total. The number of carbonyl (C=O) groups is 2. The van der Waals surface area contributed by atoms with Crippen LogP contribution < -0.4 is 0 Å². The fourth-order valence-corrected chi connectivity index (χ4v) is 1.13. The zero-order chi connectivity index (χ0) is 12.7. The minimum absolute atomic E-state index is 0.242.